The zero-order valence-corrected chi connectivity index (χ0v) is 11.3. The van der Waals surface area contributed by atoms with Crippen LogP contribution < -0.4 is 0 Å². The highest BCUT2D eigenvalue weighted by Gasteiger charge is 2.06. The summed E-state index contributed by atoms with van der Waals surface area (Å²) < 4.78 is 5.91. The number of hydrogen-bond donors (Lipinski definition) is 0. The minimum absolute atomic E-state index is 0.0290. The summed E-state index contributed by atoms with van der Waals surface area (Å²) in [6, 6.07) is 20.7. The second-order valence-corrected chi connectivity index (χ2v) is 4.47. The average molecular weight is 252 g/mol. The number of hydrogen-bond acceptors (Lipinski definition) is 1. The smallest absolute Gasteiger partial charge is 0.101 e. The number of rotatable bonds is 6. The SMILES string of the molecule is CCCOC(/C=C/c1ccccc1)c1ccccc1. The van der Waals surface area contributed by atoms with Gasteiger partial charge in [0.2, 0.25) is 0 Å². The van der Waals surface area contributed by atoms with Gasteiger partial charge in [-0.1, -0.05) is 79.7 Å². The summed E-state index contributed by atoms with van der Waals surface area (Å²) in [5, 5.41) is 0. The van der Waals surface area contributed by atoms with Gasteiger partial charge in [0.05, 0.1) is 0 Å². The fraction of sp³-hybridized carbons (Fsp3) is 0.222. The van der Waals surface area contributed by atoms with Crippen molar-refractivity contribution in [2.24, 2.45) is 0 Å². The van der Waals surface area contributed by atoms with Gasteiger partial charge in [0.1, 0.15) is 6.10 Å². The molecule has 2 aromatic rings. The van der Waals surface area contributed by atoms with Gasteiger partial charge in [-0.2, -0.15) is 0 Å². The molecule has 0 spiro atoms. The lowest BCUT2D eigenvalue weighted by atomic mass is 10.1. The lowest BCUT2D eigenvalue weighted by molar-refractivity contribution is 0.0863. The van der Waals surface area contributed by atoms with Crippen molar-refractivity contribution in [1.29, 1.82) is 0 Å². The predicted octanol–water partition coefficient (Wildman–Crippen LogP) is 4.87. The fourth-order valence-corrected chi connectivity index (χ4v) is 1.91. The molecule has 1 nitrogen and oxygen atoms in total. The number of benzene rings is 2. The van der Waals surface area contributed by atoms with E-state index < -0.39 is 0 Å². The van der Waals surface area contributed by atoms with E-state index in [-0.39, 0.29) is 6.10 Å². The molecule has 19 heavy (non-hydrogen) atoms. The molecule has 0 radical (unpaired) electrons. The zero-order chi connectivity index (χ0) is 13.3. The zero-order valence-electron chi connectivity index (χ0n) is 11.3. The molecule has 98 valence electrons. The Labute approximate surface area is 115 Å². The highest BCUT2D eigenvalue weighted by molar-refractivity contribution is 5.50. The molecule has 0 saturated carbocycles. The summed E-state index contributed by atoms with van der Waals surface area (Å²) in [5.41, 5.74) is 2.40. The standard InChI is InChI=1S/C18H20O/c1-2-15-19-18(17-11-7-4-8-12-17)14-13-16-9-5-3-6-10-16/h3-14,18H,2,15H2,1H3/b14-13+. The molecule has 0 bridgehead atoms. The van der Waals surface area contributed by atoms with Crippen molar-refractivity contribution in [2.75, 3.05) is 6.61 Å². The summed E-state index contributed by atoms with van der Waals surface area (Å²) in [6.45, 7) is 2.90. The molecule has 0 aromatic heterocycles. The first kappa shape index (κ1) is 13.6. The Hall–Kier alpha value is -1.86. The van der Waals surface area contributed by atoms with Crippen LogP contribution in [0, 0.1) is 0 Å². The van der Waals surface area contributed by atoms with Crippen molar-refractivity contribution in [3.63, 3.8) is 0 Å². The summed E-state index contributed by atoms with van der Waals surface area (Å²) >= 11 is 0. The van der Waals surface area contributed by atoms with E-state index in [1.165, 1.54) is 11.1 Å². The van der Waals surface area contributed by atoms with Crippen molar-refractivity contribution < 1.29 is 4.74 Å². The first-order valence-corrected chi connectivity index (χ1v) is 6.80. The predicted molar refractivity (Wildman–Crippen MR) is 80.9 cm³/mol. The van der Waals surface area contributed by atoms with Gasteiger partial charge in [0.25, 0.3) is 0 Å². The third kappa shape index (κ3) is 4.38. The lowest BCUT2D eigenvalue weighted by Gasteiger charge is -2.14. The van der Waals surface area contributed by atoms with Gasteiger partial charge in [-0.15, -0.1) is 0 Å². The van der Waals surface area contributed by atoms with Crippen LogP contribution in [0.1, 0.15) is 30.6 Å². The molecule has 0 heterocycles. The van der Waals surface area contributed by atoms with E-state index in [0.717, 1.165) is 13.0 Å². The van der Waals surface area contributed by atoms with E-state index in [1.807, 2.05) is 36.4 Å². The molecule has 1 atom stereocenters. The van der Waals surface area contributed by atoms with Gasteiger partial charge in [0.15, 0.2) is 0 Å². The van der Waals surface area contributed by atoms with E-state index >= 15 is 0 Å². The summed E-state index contributed by atoms with van der Waals surface area (Å²) in [7, 11) is 0. The summed E-state index contributed by atoms with van der Waals surface area (Å²) in [4.78, 5) is 0. The van der Waals surface area contributed by atoms with Crippen molar-refractivity contribution in [3.05, 3.63) is 77.9 Å². The second kappa shape index (κ2) is 7.55. The van der Waals surface area contributed by atoms with Crippen LogP contribution in [-0.4, -0.2) is 6.61 Å². The van der Waals surface area contributed by atoms with E-state index in [9.17, 15) is 0 Å². The molecule has 2 aromatic carbocycles. The Balaban J connectivity index is 2.12. The maximum Gasteiger partial charge on any atom is 0.101 e. The Morgan fingerprint density at radius 2 is 1.58 bits per heavy atom. The van der Waals surface area contributed by atoms with E-state index in [1.54, 1.807) is 0 Å². The van der Waals surface area contributed by atoms with Crippen LogP contribution in [0.5, 0.6) is 0 Å². The normalized spacial score (nSPS) is 12.7. The third-order valence-corrected chi connectivity index (χ3v) is 2.89. The molecule has 0 aliphatic heterocycles. The van der Waals surface area contributed by atoms with Crippen molar-refractivity contribution in [3.8, 4) is 0 Å². The van der Waals surface area contributed by atoms with Gasteiger partial charge >= 0.3 is 0 Å². The van der Waals surface area contributed by atoms with E-state index in [0.29, 0.717) is 0 Å². The summed E-state index contributed by atoms with van der Waals surface area (Å²) in [5.74, 6) is 0. The van der Waals surface area contributed by atoms with Crippen molar-refractivity contribution in [1.82, 2.24) is 0 Å². The van der Waals surface area contributed by atoms with Gasteiger partial charge in [-0.25, -0.2) is 0 Å². The van der Waals surface area contributed by atoms with Crippen molar-refractivity contribution >= 4 is 6.08 Å². The molecule has 0 aliphatic rings. The minimum atomic E-state index is 0.0290. The summed E-state index contributed by atoms with van der Waals surface area (Å²) in [6.07, 6.45) is 5.30. The van der Waals surface area contributed by atoms with Gasteiger partial charge < -0.3 is 4.74 Å². The molecule has 0 saturated heterocycles. The van der Waals surface area contributed by atoms with Gasteiger partial charge in [-0.3, -0.25) is 0 Å². The van der Waals surface area contributed by atoms with Crippen LogP contribution in [0.25, 0.3) is 6.08 Å². The Kier molecular flexibility index (Phi) is 5.39. The van der Waals surface area contributed by atoms with Gasteiger partial charge in [0, 0.05) is 6.61 Å². The Morgan fingerprint density at radius 3 is 2.21 bits per heavy atom. The molecule has 1 heteroatoms. The van der Waals surface area contributed by atoms with Crippen LogP contribution in [0.3, 0.4) is 0 Å². The first-order valence-electron chi connectivity index (χ1n) is 6.80. The van der Waals surface area contributed by atoms with Crippen LogP contribution in [-0.2, 0) is 4.74 Å². The minimum Gasteiger partial charge on any atom is -0.369 e. The van der Waals surface area contributed by atoms with Crippen LogP contribution in [0.15, 0.2) is 66.7 Å². The lowest BCUT2D eigenvalue weighted by Crippen LogP contribution is -2.02. The molecule has 1 unspecified atom stereocenters. The number of ether oxygens (including phenoxy) is 1. The quantitative estimate of drug-likeness (QED) is 0.712. The molecule has 0 amide bonds. The van der Waals surface area contributed by atoms with E-state index in [2.05, 4.69) is 43.3 Å². The van der Waals surface area contributed by atoms with Crippen molar-refractivity contribution in [2.45, 2.75) is 19.4 Å². The Bertz CT molecular complexity index is 488. The molecule has 0 aliphatic carbocycles. The molecule has 0 fully saturated rings. The highest BCUT2D eigenvalue weighted by atomic mass is 16.5. The molecule has 2 rings (SSSR count). The van der Waals surface area contributed by atoms with Crippen LogP contribution >= 0.6 is 0 Å². The monoisotopic (exact) mass is 252 g/mol. The van der Waals surface area contributed by atoms with E-state index in [4.69, 9.17) is 4.74 Å². The molecular formula is C18H20O. The Morgan fingerprint density at radius 1 is 0.947 bits per heavy atom. The highest BCUT2D eigenvalue weighted by Crippen LogP contribution is 2.20. The largest absolute Gasteiger partial charge is 0.369 e. The second-order valence-electron chi connectivity index (χ2n) is 4.47. The fourth-order valence-electron chi connectivity index (χ4n) is 1.91. The maximum atomic E-state index is 5.91. The third-order valence-electron chi connectivity index (χ3n) is 2.89. The topological polar surface area (TPSA) is 9.23 Å². The van der Waals surface area contributed by atoms with Crippen LogP contribution in [0.2, 0.25) is 0 Å². The van der Waals surface area contributed by atoms with Crippen LogP contribution in [0.4, 0.5) is 0 Å². The van der Waals surface area contributed by atoms with Gasteiger partial charge in [-0.05, 0) is 17.5 Å². The molecule has 0 N–H and O–H groups in total. The average Bonchev–Trinajstić information content (AvgIpc) is 2.49. The maximum absolute atomic E-state index is 5.91. The first-order chi connectivity index (χ1) is 9.40. The molecular weight excluding hydrogens is 232 g/mol.